The molecule has 0 unspecified atom stereocenters. The van der Waals surface area contributed by atoms with Crippen LogP contribution in [0.3, 0.4) is 0 Å². The highest BCUT2D eigenvalue weighted by atomic mass is 127. The minimum atomic E-state index is -3.26. The van der Waals surface area contributed by atoms with Gasteiger partial charge in [0.1, 0.15) is 0 Å². The van der Waals surface area contributed by atoms with Crippen molar-refractivity contribution >= 4 is 51.6 Å². The van der Waals surface area contributed by atoms with Crippen LogP contribution in [0.15, 0.2) is 53.5 Å². The molecule has 27 heavy (non-hydrogen) atoms. The number of halogens is 2. The molecule has 9 heteroatoms. The molecule has 0 saturated heterocycles. The molecule has 0 aromatic heterocycles. The number of aliphatic imine (C=N–C) groups is 1. The van der Waals surface area contributed by atoms with Crippen molar-refractivity contribution in [3.8, 4) is 0 Å². The summed E-state index contributed by atoms with van der Waals surface area (Å²) in [5, 5.41) is 7.15. The molecule has 2 rings (SSSR count). The second-order valence-corrected chi connectivity index (χ2v) is 8.05. The van der Waals surface area contributed by atoms with Crippen LogP contribution in [-0.4, -0.2) is 28.5 Å². The summed E-state index contributed by atoms with van der Waals surface area (Å²) in [5.41, 5.74) is 2.84. The fourth-order valence-electron chi connectivity index (χ4n) is 2.28. The molecule has 0 heterocycles. The van der Waals surface area contributed by atoms with E-state index in [-0.39, 0.29) is 29.7 Å². The molecule has 6 nitrogen and oxygen atoms in total. The van der Waals surface area contributed by atoms with Gasteiger partial charge < -0.3 is 10.6 Å². The third-order valence-corrected chi connectivity index (χ3v) is 5.29. The van der Waals surface area contributed by atoms with E-state index in [9.17, 15) is 8.42 Å². The molecular weight excluding hydrogens is 499 g/mol. The quantitative estimate of drug-likeness (QED) is 0.297. The monoisotopic (exact) mass is 522 g/mol. The number of guanidine groups is 1. The first-order valence-corrected chi connectivity index (χ1v) is 10.1. The molecule has 0 aliphatic heterocycles. The third-order valence-electron chi connectivity index (χ3n) is 3.72. The summed E-state index contributed by atoms with van der Waals surface area (Å²) in [6.07, 6.45) is 0. The summed E-state index contributed by atoms with van der Waals surface area (Å²) in [7, 11) is -0.136. The molecule has 0 spiro atoms. The molecular formula is C18H24ClIN4O2S. The molecule has 0 saturated carbocycles. The molecule has 0 fully saturated rings. The molecule has 148 valence electrons. The van der Waals surface area contributed by atoms with Gasteiger partial charge in [-0.05, 0) is 35.9 Å². The van der Waals surface area contributed by atoms with Crippen molar-refractivity contribution in [1.82, 2.24) is 15.4 Å². The maximum Gasteiger partial charge on any atom is 0.215 e. The summed E-state index contributed by atoms with van der Waals surface area (Å²) >= 11 is 5.98. The Morgan fingerprint density at radius 3 is 2.15 bits per heavy atom. The maximum absolute atomic E-state index is 11.6. The van der Waals surface area contributed by atoms with Crippen molar-refractivity contribution in [3.05, 3.63) is 70.2 Å². The van der Waals surface area contributed by atoms with Crippen molar-refractivity contribution in [2.45, 2.75) is 18.8 Å². The average molecular weight is 523 g/mol. The van der Waals surface area contributed by atoms with Crippen LogP contribution in [-0.2, 0) is 28.9 Å². The normalized spacial score (nSPS) is 11.6. The number of rotatable bonds is 7. The molecule has 0 aliphatic carbocycles. The predicted octanol–water partition coefficient (Wildman–Crippen LogP) is 2.87. The minimum absolute atomic E-state index is 0. The van der Waals surface area contributed by atoms with Crippen molar-refractivity contribution in [2.75, 3.05) is 14.1 Å². The summed E-state index contributed by atoms with van der Waals surface area (Å²) in [5.74, 6) is 0.645. The smallest absolute Gasteiger partial charge is 0.215 e. The van der Waals surface area contributed by atoms with Crippen LogP contribution in [0.4, 0.5) is 0 Å². The molecule has 2 aromatic carbocycles. The van der Waals surface area contributed by atoms with Crippen molar-refractivity contribution in [3.63, 3.8) is 0 Å². The van der Waals surface area contributed by atoms with Gasteiger partial charge in [-0.1, -0.05) is 48.0 Å². The summed E-state index contributed by atoms with van der Waals surface area (Å²) in [6, 6.07) is 15.1. The first kappa shape index (κ1) is 23.7. The van der Waals surface area contributed by atoms with E-state index in [4.69, 9.17) is 11.6 Å². The molecule has 0 bridgehead atoms. The number of nitrogens with one attached hydrogen (secondary N) is 3. The van der Waals surface area contributed by atoms with Gasteiger partial charge in [-0.25, -0.2) is 13.1 Å². The lowest BCUT2D eigenvalue weighted by Gasteiger charge is -2.12. The zero-order chi connectivity index (χ0) is 19.0. The fourth-order valence-corrected chi connectivity index (χ4v) is 3.27. The van der Waals surface area contributed by atoms with Crippen molar-refractivity contribution < 1.29 is 8.42 Å². The van der Waals surface area contributed by atoms with Crippen molar-refractivity contribution in [1.29, 1.82) is 0 Å². The number of sulfonamides is 1. The average Bonchev–Trinajstić information content (AvgIpc) is 2.63. The molecule has 3 N–H and O–H groups in total. The van der Waals surface area contributed by atoms with Crippen LogP contribution in [0, 0.1) is 0 Å². The van der Waals surface area contributed by atoms with Crippen LogP contribution >= 0.6 is 35.6 Å². The van der Waals surface area contributed by atoms with E-state index in [1.54, 1.807) is 7.05 Å². The highest BCUT2D eigenvalue weighted by Crippen LogP contribution is 2.10. The first-order valence-electron chi connectivity index (χ1n) is 8.10. The standard InChI is InChI=1S/C18H23ClN4O2S.HI/c1-20-18(23-12-16-4-3-5-17(19)10-16)22-11-14-6-8-15(9-7-14)13-26(24,25)21-2;/h3-10,21H,11-13H2,1-2H3,(H2,20,22,23);1H. The lowest BCUT2D eigenvalue weighted by molar-refractivity contribution is 0.587. The first-order chi connectivity index (χ1) is 12.4. The van der Waals surface area contributed by atoms with E-state index in [2.05, 4.69) is 20.3 Å². The van der Waals surface area contributed by atoms with Crippen LogP contribution in [0.5, 0.6) is 0 Å². The second kappa shape index (κ2) is 11.5. The third kappa shape index (κ3) is 8.46. The van der Waals surface area contributed by atoms with Crippen LogP contribution in [0.25, 0.3) is 0 Å². The Kier molecular flexibility index (Phi) is 10.1. The van der Waals surface area contributed by atoms with Gasteiger partial charge in [-0.3, -0.25) is 4.99 Å². The van der Waals surface area contributed by atoms with Gasteiger partial charge in [0.2, 0.25) is 10.0 Å². The van der Waals surface area contributed by atoms with E-state index in [0.29, 0.717) is 24.1 Å². The van der Waals surface area contributed by atoms with Gasteiger partial charge in [0, 0.05) is 25.2 Å². The van der Waals surface area contributed by atoms with E-state index in [1.165, 1.54) is 7.05 Å². The molecule has 0 aliphatic rings. The van der Waals surface area contributed by atoms with Gasteiger partial charge >= 0.3 is 0 Å². The number of hydrogen-bond acceptors (Lipinski definition) is 3. The Morgan fingerprint density at radius 2 is 1.59 bits per heavy atom. The van der Waals surface area contributed by atoms with Crippen LogP contribution < -0.4 is 15.4 Å². The summed E-state index contributed by atoms with van der Waals surface area (Å²) < 4.78 is 25.4. The maximum atomic E-state index is 11.6. The van der Waals surface area contributed by atoms with Crippen LogP contribution in [0.1, 0.15) is 16.7 Å². The lowest BCUT2D eigenvalue weighted by atomic mass is 10.1. The van der Waals surface area contributed by atoms with Gasteiger partial charge in [-0.2, -0.15) is 0 Å². The van der Waals surface area contributed by atoms with Gasteiger partial charge in [0.15, 0.2) is 5.96 Å². The van der Waals surface area contributed by atoms with E-state index in [0.717, 1.165) is 16.7 Å². The van der Waals surface area contributed by atoms with Gasteiger partial charge in [0.05, 0.1) is 5.75 Å². The van der Waals surface area contributed by atoms with E-state index in [1.807, 2.05) is 48.5 Å². The Hall–Kier alpha value is -1.36. The van der Waals surface area contributed by atoms with Gasteiger partial charge in [0.25, 0.3) is 0 Å². The van der Waals surface area contributed by atoms with Crippen molar-refractivity contribution in [2.24, 2.45) is 4.99 Å². The largest absolute Gasteiger partial charge is 0.352 e. The minimum Gasteiger partial charge on any atom is -0.352 e. The van der Waals surface area contributed by atoms with Gasteiger partial charge in [-0.15, -0.1) is 24.0 Å². The number of nitrogens with zero attached hydrogens (tertiary/aromatic N) is 1. The Bertz CT molecular complexity index is 858. The van der Waals surface area contributed by atoms with Crippen LogP contribution in [0.2, 0.25) is 5.02 Å². The Labute approximate surface area is 182 Å². The number of benzene rings is 2. The van der Waals surface area contributed by atoms with E-state index < -0.39 is 10.0 Å². The molecule has 0 radical (unpaired) electrons. The topological polar surface area (TPSA) is 82.6 Å². The summed E-state index contributed by atoms with van der Waals surface area (Å²) in [6.45, 7) is 1.19. The molecule has 2 aromatic rings. The SMILES string of the molecule is CN=C(NCc1ccc(CS(=O)(=O)NC)cc1)NCc1cccc(Cl)c1.I. The lowest BCUT2D eigenvalue weighted by Crippen LogP contribution is -2.36. The second-order valence-electron chi connectivity index (χ2n) is 5.69. The highest BCUT2D eigenvalue weighted by molar-refractivity contribution is 14.0. The summed E-state index contributed by atoms with van der Waals surface area (Å²) in [4.78, 5) is 4.19. The molecule has 0 amide bonds. The zero-order valence-electron chi connectivity index (χ0n) is 15.2. The molecule has 0 atom stereocenters. The Balaban J connectivity index is 0.00000364. The highest BCUT2D eigenvalue weighted by Gasteiger charge is 2.08. The Morgan fingerprint density at radius 1 is 1.00 bits per heavy atom. The fraction of sp³-hybridized carbons (Fsp3) is 0.278. The predicted molar refractivity (Wildman–Crippen MR) is 122 cm³/mol. The zero-order valence-corrected chi connectivity index (χ0v) is 19.1. The van der Waals surface area contributed by atoms with E-state index >= 15 is 0 Å². The number of hydrogen-bond donors (Lipinski definition) is 3.